The number of halogens is 4. The monoisotopic (exact) mass is 320 g/mol. The van der Waals surface area contributed by atoms with Gasteiger partial charge in [0.15, 0.2) is 5.54 Å². The van der Waals surface area contributed by atoms with E-state index in [4.69, 9.17) is 5.11 Å². The van der Waals surface area contributed by atoms with Gasteiger partial charge in [0.05, 0.1) is 0 Å². The van der Waals surface area contributed by atoms with E-state index in [2.05, 4.69) is 0 Å². The minimum Gasteiger partial charge on any atom is -0.465 e. The van der Waals surface area contributed by atoms with Crippen molar-refractivity contribution in [3.8, 4) is 0 Å². The van der Waals surface area contributed by atoms with E-state index in [1.165, 1.54) is 0 Å². The average molecular weight is 320 g/mol. The Bertz CT molecular complexity index is 623. The van der Waals surface area contributed by atoms with E-state index in [9.17, 15) is 27.2 Å². The second kappa shape index (κ2) is 5.47. The topological polar surface area (TPSA) is 78.4 Å². The van der Waals surface area contributed by atoms with E-state index < -0.39 is 54.4 Å². The molecule has 1 aliphatic heterocycles. The van der Waals surface area contributed by atoms with Gasteiger partial charge in [-0.05, 0) is 18.2 Å². The number of benzene rings is 1. The summed E-state index contributed by atoms with van der Waals surface area (Å²) in [5, 5.41) is 12.3. The Morgan fingerprint density at radius 2 is 2.09 bits per heavy atom. The molecule has 3 N–H and O–H groups in total. The molecule has 9 heteroatoms. The fourth-order valence-corrected chi connectivity index (χ4v) is 2.40. The molecule has 120 valence electrons. The molecule has 1 aromatic carbocycles. The molecule has 1 heterocycles. The molecule has 0 unspecified atom stereocenters. The number of hydrogen-bond acceptors (Lipinski definition) is 2. The first-order valence-electron chi connectivity index (χ1n) is 6.26. The molecule has 0 spiro atoms. The third-order valence-electron chi connectivity index (χ3n) is 3.52. The molecule has 1 saturated heterocycles. The maximum absolute atomic E-state index is 14.2. The second-order valence-electron chi connectivity index (χ2n) is 4.92. The number of hydrogen-bond donors (Lipinski definition) is 3. The Labute approximate surface area is 122 Å². The van der Waals surface area contributed by atoms with Crippen LogP contribution in [0.25, 0.3) is 0 Å². The predicted octanol–water partition coefficient (Wildman–Crippen LogP) is 2.63. The number of anilines is 1. The smallest absolute Gasteiger partial charge is 0.409 e. The van der Waals surface area contributed by atoms with E-state index in [0.29, 0.717) is 0 Å². The summed E-state index contributed by atoms with van der Waals surface area (Å²) in [5.41, 5.74) is -3.88. The molecule has 1 atom stereocenters. The van der Waals surface area contributed by atoms with Gasteiger partial charge >= 0.3 is 6.09 Å². The van der Waals surface area contributed by atoms with Crippen LogP contribution < -0.4 is 10.6 Å². The van der Waals surface area contributed by atoms with Crippen LogP contribution in [0.5, 0.6) is 0 Å². The molecule has 5 nitrogen and oxygen atoms in total. The molecule has 1 fully saturated rings. The normalized spacial score (nSPS) is 23.7. The van der Waals surface area contributed by atoms with Crippen LogP contribution in [-0.4, -0.2) is 29.7 Å². The van der Waals surface area contributed by atoms with Gasteiger partial charge in [-0.3, -0.25) is 10.1 Å². The van der Waals surface area contributed by atoms with E-state index in [1.54, 1.807) is 0 Å². The highest BCUT2D eigenvalue weighted by atomic mass is 19.3. The zero-order chi connectivity index (χ0) is 16.5. The Balaban J connectivity index is 2.58. The Kier molecular flexibility index (Phi) is 3.99. The SMILES string of the molecule is O=C(O)Nc1ccc(F)c([C@@]2(CF)NC(=O)CCC2(F)F)c1. The molecule has 1 aromatic rings. The lowest BCUT2D eigenvalue weighted by atomic mass is 9.79. The first-order valence-corrected chi connectivity index (χ1v) is 6.26. The lowest BCUT2D eigenvalue weighted by Gasteiger charge is -2.42. The summed E-state index contributed by atoms with van der Waals surface area (Å²) in [6.07, 6.45) is -2.94. The van der Waals surface area contributed by atoms with Crippen molar-refractivity contribution in [2.75, 3.05) is 12.0 Å². The Morgan fingerprint density at radius 1 is 1.41 bits per heavy atom. The van der Waals surface area contributed by atoms with Crippen molar-refractivity contribution in [2.45, 2.75) is 24.3 Å². The van der Waals surface area contributed by atoms with Crippen molar-refractivity contribution in [2.24, 2.45) is 0 Å². The standard InChI is InChI=1S/C13H12F4N2O3/c14-6-12(13(16,17)4-3-10(20)19-12)8-5-7(18-11(21)22)1-2-9(8)15/h1-2,5,18H,3-4,6H2,(H,19,20)(H,21,22)/t12-/m1/s1. The Morgan fingerprint density at radius 3 is 2.68 bits per heavy atom. The molecular formula is C13H12F4N2O3. The van der Waals surface area contributed by atoms with E-state index in [-0.39, 0.29) is 5.69 Å². The number of nitrogens with one attached hydrogen (secondary N) is 2. The summed E-state index contributed by atoms with van der Waals surface area (Å²) in [6.45, 7) is -1.74. The van der Waals surface area contributed by atoms with Crippen LogP contribution in [0, 0.1) is 5.82 Å². The third-order valence-corrected chi connectivity index (χ3v) is 3.52. The van der Waals surface area contributed by atoms with Gasteiger partial charge in [-0.2, -0.15) is 0 Å². The Hall–Kier alpha value is -2.32. The molecule has 22 heavy (non-hydrogen) atoms. The number of carbonyl (C=O) groups is 2. The van der Waals surface area contributed by atoms with Gasteiger partial charge in [0.2, 0.25) is 5.91 Å². The van der Waals surface area contributed by atoms with Gasteiger partial charge in [0.25, 0.3) is 5.92 Å². The van der Waals surface area contributed by atoms with Gasteiger partial charge in [0.1, 0.15) is 12.5 Å². The largest absolute Gasteiger partial charge is 0.465 e. The molecule has 0 saturated carbocycles. The van der Waals surface area contributed by atoms with Crippen molar-refractivity contribution >= 4 is 17.7 Å². The summed E-state index contributed by atoms with van der Waals surface area (Å²) >= 11 is 0. The summed E-state index contributed by atoms with van der Waals surface area (Å²) in [6, 6.07) is 2.49. The lowest BCUT2D eigenvalue weighted by molar-refractivity contribution is -0.156. The molecule has 0 aliphatic carbocycles. The van der Waals surface area contributed by atoms with Crippen LogP contribution in [0.3, 0.4) is 0 Å². The summed E-state index contributed by atoms with van der Waals surface area (Å²) < 4.78 is 55.8. The van der Waals surface area contributed by atoms with Crippen LogP contribution in [0.2, 0.25) is 0 Å². The van der Waals surface area contributed by atoms with Crippen LogP contribution in [0.15, 0.2) is 18.2 Å². The number of piperidine rings is 1. The van der Waals surface area contributed by atoms with Gasteiger partial charge < -0.3 is 10.4 Å². The lowest BCUT2D eigenvalue weighted by Crippen LogP contribution is -2.63. The van der Waals surface area contributed by atoms with E-state index in [0.717, 1.165) is 18.2 Å². The zero-order valence-corrected chi connectivity index (χ0v) is 11.1. The van der Waals surface area contributed by atoms with Gasteiger partial charge in [-0.1, -0.05) is 0 Å². The van der Waals surface area contributed by atoms with Gasteiger partial charge in [-0.15, -0.1) is 0 Å². The number of amides is 2. The van der Waals surface area contributed by atoms with Crippen LogP contribution in [0.1, 0.15) is 18.4 Å². The fourth-order valence-electron chi connectivity index (χ4n) is 2.40. The van der Waals surface area contributed by atoms with Gasteiger partial charge in [-0.25, -0.2) is 22.4 Å². The molecule has 1 aliphatic rings. The zero-order valence-electron chi connectivity index (χ0n) is 11.1. The van der Waals surface area contributed by atoms with Crippen LogP contribution >= 0.6 is 0 Å². The van der Waals surface area contributed by atoms with E-state index >= 15 is 0 Å². The highest BCUT2D eigenvalue weighted by Gasteiger charge is 2.59. The first kappa shape index (κ1) is 16.1. The van der Waals surface area contributed by atoms with E-state index in [1.807, 2.05) is 10.6 Å². The summed E-state index contributed by atoms with van der Waals surface area (Å²) in [7, 11) is 0. The predicted molar refractivity (Wildman–Crippen MR) is 68.0 cm³/mol. The third kappa shape index (κ3) is 2.58. The molecule has 0 radical (unpaired) electrons. The highest BCUT2D eigenvalue weighted by Crippen LogP contribution is 2.45. The number of carboxylic acid groups (broad SMARTS) is 1. The number of alkyl halides is 3. The second-order valence-corrected chi connectivity index (χ2v) is 4.92. The van der Waals surface area contributed by atoms with Gasteiger partial charge in [0, 0.05) is 24.1 Å². The van der Waals surface area contributed by atoms with Crippen LogP contribution in [-0.2, 0) is 10.3 Å². The van der Waals surface area contributed by atoms with Crippen molar-refractivity contribution in [3.63, 3.8) is 0 Å². The fraction of sp³-hybridized carbons (Fsp3) is 0.385. The molecule has 0 bridgehead atoms. The maximum atomic E-state index is 14.2. The number of rotatable bonds is 3. The summed E-state index contributed by atoms with van der Waals surface area (Å²) in [4.78, 5) is 22.0. The van der Waals surface area contributed by atoms with Crippen molar-refractivity contribution in [1.82, 2.24) is 5.32 Å². The first-order chi connectivity index (χ1) is 10.2. The van der Waals surface area contributed by atoms with Crippen molar-refractivity contribution in [1.29, 1.82) is 0 Å². The maximum Gasteiger partial charge on any atom is 0.409 e. The minimum absolute atomic E-state index is 0.215. The average Bonchev–Trinajstić information content (AvgIpc) is 2.43. The van der Waals surface area contributed by atoms with Crippen LogP contribution in [0.4, 0.5) is 28.0 Å². The van der Waals surface area contributed by atoms with Crippen molar-refractivity contribution in [3.05, 3.63) is 29.6 Å². The number of carbonyl (C=O) groups excluding carboxylic acids is 1. The summed E-state index contributed by atoms with van der Waals surface area (Å²) in [5.74, 6) is -5.73. The quantitative estimate of drug-likeness (QED) is 0.749. The molecular weight excluding hydrogens is 308 g/mol. The minimum atomic E-state index is -3.72. The van der Waals surface area contributed by atoms with Crippen molar-refractivity contribution < 1.29 is 32.3 Å². The highest BCUT2D eigenvalue weighted by molar-refractivity contribution is 5.83. The molecule has 0 aromatic heterocycles. The molecule has 2 amide bonds. The molecule has 2 rings (SSSR count).